The Kier molecular flexibility index (Phi) is 9.41. The van der Waals surface area contributed by atoms with E-state index in [1.54, 1.807) is 28.4 Å². The molecule has 13 nitrogen and oxygen atoms in total. The van der Waals surface area contributed by atoms with Crippen LogP contribution in [0, 0.1) is 44.9 Å². The van der Waals surface area contributed by atoms with E-state index in [1.165, 1.54) is 10.4 Å². The Morgan fingerprint density at radius 3 is 2.57 bits per heavy atom. The summed E-state index contributed by atoms with van der Waals surface area (Å²) in [5.41, 5.74) is 6.17. The van der Waals surface area contributed by atoms with Crippen molar-refractivity contribution in [1.29, 1.82) is 0 Å². The Bertz CT molecular complexity index is 2350. The predicted octanol–water partition coefficient (Wildman–Crippen LogP) is 6.66. The van der Waals surface area contributed by atoms with Gasteiger partial charge in [-0.2, -0.15) is 5.10 Å². The van der Waals surface area contributed by atoms with Gasteiger partial charge in [-0.1, -0.05) is 31.2 Å². The fourth-order valence-electron chi connectivity index (χ4n) is 8.32. The number of hydrogen-bond donors (Lipinski definition) is 1. The van der Waals surface area contributed by atoms with Crippen molar-refractivity contribution < 1.29 is 9.59 Å². The standard InChI is InChI=1S/C40H47N11O2S/c1-24(2)40(14-7-15-49(21-40)39(53)30-12-16-48(17-13-30)36-34-27(5)28(6)54-38(34)42-23-41-36)22-50-20-33(46-47-50)29-8-10-31(11-9-29)45-37(52)32-19-43-51-26(4)18-25(3)44-35(32)51/h8-11,18-20,23-24,30H,7,12-17,21-22H2,1-6H3,(H,45,52). The van der Waals surface area contributed by atoms with E-state index in [0.29, 0.717) is 35.9 Å². The summed E-state index contributed by atoms with van der Waals surface area (Å²) >= 11 is 1.72. The number of likely N-dealkylation sites (tertiary alicyclic amines) is 1. The van der Waals surface area contributed by atoms with E-state index < -0.39 is 0 Å². The van der Waals surface area contributed by atoms with Crippen molar-refractivity contribution in [3.05, 3.63) is 76.4 Å². The van der Waals surface area contributed by atoms with Crippen molar-refractivity contribution in [3.8, 4) is 11.3 Å². The number of amides is 2. The van der Waals surface area contributed by atoms with Gasteiger partial charge in [-0.05, 0) is 83.1 Å². The third-order valence-corrected chi connectivity index (χ3v) is 12.8. The molecule has 0 radical (unpaired) electrons. The molecule has 1 aromatic carbocycles. The Morgan fingerprint density at radius 2 is 1.81 bits per heavy atom. The van der Waals surface area contributed by atoms with Gasteiger partial charge >= 0.3 is 0 Å². The Balaban J connectivity index is 0.905. The second-order valence-electron chi connectivity index (χ2n) is 15.5. The summed E-state index contributed by atoms with van der Waals surface area (Å²) in [5, 5.41) is 17.5. The number of fused-ring (bicyclic) bond motifs is 2. The molecule has 1 atom stereocenters. The molecule has 0 bridgehead atoms. The summed E-state index contributed by atoms with van der Waals surface area (Å²) in [7, 11) is 0. The number of nitrogens with zero attached hydrogens (tertiary/aromatic N) is 10. The highest BCUT2D eigenvalue weighted by Gasteiger charge is 2.42. The summed E-state index contributed by atoms with van der Waals surface area (Å²) in [6.07, 6.45) is 8.86. The number of anilines is 2. The molecule has 5 aromatic heterocycles. The number of carbonyl (C=O) groups excluding carboxylic acids is 2. The van der Waals surface area contributed by atoms with Crippen LogP contribution in [0.3, 0.4) is 0 Å². The van der Waals surface area contributed by atoms with Crippen LogP contribution in [0.25, 0.3) is 27.1 Å². The maximum absolute atomic E-state index is 14.1. The Morgan fingerprint density at radius 1 is 1.04 bits per heavy atom. The van der Waals surface area contributed by atoms with E-state index in [4.69, 9.17) is 4.98 Å². The number of rotatable bonds is 8. The molecule has 1 unspecified atom stereocenters. The lowest BCUT2D eigenvalue weighted by Gasteiger charge is -2.46. The Hall–Kier alpha value is -5.24. The van der Waals surface area contributed by atoms with E-state index in [2.05, 4.69) is 68.2 Å². The first-order valence-corrected chi connectivity index (χ1v) is 19.7. The largest absolute Gasteiger partial charge is 0.356 e. The third kappa shape index (κ3) is 6.60. The first-order chi connectivity index (χ1) is 26.0. The number of thiophene rings is 1. The molecule has 1 N–H and O–H groups in total. The molecule has 0 aliphatic carbocycles. The zero-order valence-electron chi connectivity index (χ0n) is 31.8. The maximum Gasteiger partial charge on any atom is 0.261 e. The lowest BCUT2D eigenvalue weighted by atomic mass is 9.71. The number of nitrogens with one attached hydrogen (secondary N) is 1. The van der Waals surface area contributed by atoms with Crippen molar-refractivity contribution >= 4 is 50.5 Å². The summed E-state index contributed by atoms with van der Waals surface area (Å²) in [4.78, 5) is 47.8. The normalized spacial score (nSPS) is 18.3. The second-order valence-corrected chi connectivity index (χ2v) is 16.7. The minimum absolute atomic E-state index is 0.0159. The zero-order valence-corrected chi connectivity index (χ0v) is 32.7. The van der Waals surface area contributed by atoms with Gasteiger partial charge in [-0.3, -0.25) is 14.3 Å². The van der Waals surface area contributed by atoms with Gasteiger partial charge in [0.15, 0.2) is 5.65 Å². The quantitative estimate of drug-likeness (QED) is 0.181. The fraction of sp³-hybridized carbons (Fsp3) is 0.450. The Labute approximate surface area is 318 Å². The van der Waals surface area contributed by atoms with Gasteiger partial charge in [0.1, 0.15) is 28.2 Å². The van der Waals surface area contributed by atoms with Gasteiger partial charge in [-0.15, -0.1) is 16.4 Å². The first-order valence-electron chi connectivity index (χ1n) is 18.9. The highest BCUT2D eigenvalue weighted by molar-refractivity contribution is 7.18. The van der Waals surface area contributed by atoms with Crippen LogP contribution in [0.4, 0.5) is 11.5 Å². The van der Waals surface area contributed by atoms with Crippen molar-refractivity contribution in [2.45, 2.75) is 73.8 Å². The first kappa shape index (κ1) is 35.8. The summed E-state index contributed by atoms with van der Waals surface area (Å²) in [6, 6.07) is 9.54. The molecule has 280 valence electrons. The molecular formula is C40H47N11O2S. The minimum atomic E-state index is -0.266. The van der Waals surface area contributed by atoms with Crippen LogP contribution >= 0.6 is 11.3 Å². The molecule has 0 saturated carbocycles. The van der Waals surface area contributed by atoms with Crippen molar-refractivity contribution in [2.24, 2.45) is 17.3 Å². The van der Waals surface area contributed by atoms with Crippen LogP contribution < -0.4 is 10.2 Å². The smallest absolute Gasteiger partial charge is 0.261 e. The second kappa shape index (κ2) is 14.2. The van der Waals surface area contributed by atoms with Crippen LogP contribution in [-0.2, 0) is 11.3 Å². The lowest BCUT2D eigenvalue weighted by molar-refractivity contribution is -0.141. The molecule has 54 heavy (non-hydrogen) atoms. The number of benzene rings is 1. The van der Waals surface area contributed by atoms with E-state index in [0.717, 1.165) is 84.0 Å². The molecule has 6 aromatic rings. The van der Waals surface area contributed by atoms with E-state index in [9.17, 15) is 9.59 Å². The maximum atomic E-state index is 14.1. The van der Waals surface area contributed by atoms with Crippen molar-refractivity contribution in [3.63, 3.8) is 0 Å². The topological polar surface area (TPSA) is 139 Å². The molecule has 0 spiro atoms. The zero-order chi connectivity index (χ0) is 37.7. The van der Waals surface area contributed by atoms with Crippen molar-refractivity contribution in [2.75, 3.05) is 36.4 Å². The van der Waals surface area contributed by atoms with E-state index >= 15 is 0 Å². The van der Waals surface area contributed by atoms with Crippen LogP contribution in [0.5, 0.6) is 0 Å². The summed E-state index contributed by atoms with van der Waals surface area (Å²) in [5.74, 6) is 1.38. The molecule has 8 rings (SSSR count). The highest BCUT2D eigenvalue weighted by Crippen LogP contribution is 2.41. The van der Waals surface area contributed by atoms with Gasteiger partial charge < -0.3 is 15.1 Å². The summed E-state index contributed by atoms with van der Waals surface area (Å²) in [6.45, 7) is 16.5. The molecule has 7 heterocycles. The van der Waals surface area contributed by atoms with E-state index in [-0.39, 0.29) is 23.1 Å². The molecular weight excluding hydrogens is 699 g/mol. The molecule has 2 amide bonds. The average Bonchev–Trinajstić information content (AvgIpc) is 3.89. The van der Waals surface area contributed by atoms with Crippen molar-refractivity contribution in [1.82, 2.24) is 44.5 Å². The van der Waals surface area contributed by atoms with Gasteiger partial charge in [0.05, 0.1) is 24.3 Å². The molecule has 2 aliphatic heterocycles. The molecule has 2 aliphatic rings. The molecule has 14 heteroatoms. The van der Waals surface area contributed by atoms with Gasteiger partial charge in [0.2, 0.25) is 5.91 Å². The molecule has 2 fully saturated rings. The number of piperidine rings is 2. The number of aryl methyl sites for hydroxylation is 4. The minimum Gasteiger partial charge on any atom is -0.356 e. The van der Waals surface area contributed by atoms with Gasteiger partial charge in [0.25, 0.3) is 5.91 Å². The van der Waals surface area contributed by atoms with Crippen LogP contribution in [0.2, 0.25) is 0 Å². The van der Waals surface area contributed by atoms with E-state index in [1.807, 2.05) is 55.1 Å². The number of carbonyl (C=O) groups is 2. The monoisotopic (exact) mass is 745 g/mol. The van der Waals surface area contributed by atoms with Gasteiger partial charge in [-0.25, -0.2) is 19.5 Å². The SMILES string of the molecule is Cc1cc(C)n2ncc(C(=O)Nc3ccc(-c4cn(CC5(C(C)C)CCCN(C(=O)C6CCN(c7ncnc8sc(C)c(C)c78)CC6)C5)nn4)cc3)c2n1. The van der Waals surface area contributed by atoms with Gasteiger partial charge in [0, 0.05) is 65.0 Å². The van der Waals surface area contributed by atoms with Crippen LogP contribution in [0.1, 0.15) is 71.7 Å². The molecule has 2 saturated heterocycles. The highest BCUT2D eigenvalue weighted by atomic mass is 32.1. The predicted molar refractivity (Wildman–Crippen MR) is 211 cm³/mol. The average molecular weight is 746 g/mol. The summed E-state index contributed by atoms with van der Waals surface area (Å²) < 4.78 is 3.62. The van der Waals surface area contributed by atoms with Crippen LogP contribution in [0.15, 0.2) is 49.1 Å². The number of aromatic nitrogens is 8. The lowest BCUT2D eigenvalue weighted by Crippen LogP contribution is -2.53. The van der Waals surface area contributed by atoms with Crippen LogP contribution in [-0.4, -0.2) is 82.5 Å². The third-order valence-electron chi connectivity index (χ3n) is 11.7. The fourth-order valence-corrected chi connectivity index (χ4v) is 9.31. The number of hydrogen-bond acceptors (Lipinski definition) is 10.